The number of nitrogens with one attached hydrogen (secondary N) is 1. The highest BCUT2D eigenvalue weighted by atomic mass is 16.4. The van der Waals surface area contributed by atoms with E-state index >= 15 is 0 Å². The van der Waals surface area contributed by atoms with Crippen LogP contribution in [-0.2, 0) is 4.79 Å². The molecule has 1 amide bonds. The molecule has 174 valence electrons. The Bertz CT molecular complexity index is 1370. The monoisotopic (exact) mass is 458 g/mol. The maximum Gasteiger partial charge on any atom is 0.328 e. The number of nitrogens with zero attached hydrogens (tertiary/aromatic N) is 3. The highest BCUT2D eigenvalue weighted by Gasteiger charge is 2.24. The second-order valence-corrected chi connectivity index (χ2v) is 8.76. The minimum atomic E-state index is -1.36. The van der Waals surface area contributed by atoms with E-state index in [0.29, 0.717) is 17.1 Å². The lowest BCUT2D eigenvalue weighted by atomic mass is 9.94. The number of amides is 1. The molecule has 8 heteroatoms. The number of fused-ring (bicyclic) bond motifs is 2. The van der Waals surface area contributed by atoms with E-state index in [1.165, 1.54) is 19.3 Å². The van der Waals surface area contributed by atoms with Crippen molar-refractivity contribution in [2.75, 3.05) is 6.61 Å². The molecule has 34 heavy (non-hydrogen) atoms. The van der Waals surface area contributed by atoms with Crippen molar-refractivity contribution in [1.29, 1.82) is 0 Å². The van der Waals surface area contributed by atoms with Gasteiger partial charge in [0.25, 0.3) is 5.91 Å². The highest BCUT2D eigenvalue weighted by molar-refractivity contribution is 5.99. The Hall–Kier alpha value is -3.78. The first-order valence-electron chi connectivity index (χ1n) is 11.6. The summed E-state index contributed by atoms with van der Waals surface area (Å²) in [4.78, 5) is 33.2. The Morgan fingerprint density at radius 1 is 1.06 bits per heavy atom. The lowest BCUT2D eigenvalue weighted by molar-refractivity contribution is -0.140. The Kier molecular flexibility index (Phi) is 5.98. The fourth-order valence-corrected chi connectivity index (χ4v) is 4.79. The van der Waals surface area contributed by atoms with E-state index in [0.717, 1.165) is 40.6 Å². The van der Waals surface area contributed by atoms with Crippen LogP contribution in [0.4, 0.5) is 0 Å². The van der Waals surface area contributed by atoms with E-state index in [-0.39, 0.29) is 0 Å². The van der Waals surface area contributed by atoms with Gasteiger partial charge in [0.1, 0.15) is 5.82 Å². The molecule has 0 saturated heterocycles. The first kappa shape index (κ1) is 22.0. The van der Waals surface area contributed by atoms with Crippen molar-refractivity contribution in [3.63, 3.8) is 0 Å². The SMILES string of the molecule is O=C(NC(CO)C(=O)O)c1ccc2c(c1)nc(-c1ccc3ncccc3c1)n2C1CCCCC1. The third-order valence-corrected chi connectivity index (χ3v) is 6.54. The summed E-state index contributed by atoms with van der Waals surface area (Å²) in [6.07, 6.45) is 7.50. The number of carboxylic acids is 1. The van der Waals surface area contributed by atoms with Crippen molar-refractivity contribution in [2.24, 2.45) is 0 Å². The van der Waals surface area contributed by atoms with E-state index < -0.39 is 24.5 Å². The van der Waals surface area contributed by atoms with Gasteiger partial charge in [-0.2, -0.15) is 0 Å². The molecule has 2 aromatic heterocycles. The van der Waals surface area contributed by atoms with Gasteiger partial charge in [-0.05, 0) is 55.3 Å². The topological polar surface area (TPSA) is 117 Å². The molecule has 0 aliphatic heterocycles. The van der Waals surface area contributed by atoms with Gasteiger partial charge < -0.3 is 20.1 Å². The van der Waals surface area contributed by atoms with E-state index in [9.17, 15) is 14.7 Å². The normalized spacial score (nSPS) is 15.4. The smallest absolute Gasteiger partial charge is 0.328 e. The zero-order chi connectivity index (χ0) is 23.7. The molecule has 1 aliphatic carbocycles. The average Bonchev–Trinajstić information content (AvgIpc) is 3.26. The largest absolute Gasteiger partial charge is 0.480 e. The van der Waals surface area contributed by atoms with E-state index in [2.05, 4.69) is 20.9 Å². The van der Waals surface area contributed by atoms with Crippen LogP contribution in [0, 0.1) is 0 Å². The lowest BCUT2D eigenvalue weighted by Crippen LogP contribution is -2.43. The number of aliphatic hydroxyl groups is 1. The molecule has 8 nitrogen and oxygen atoms in total. The van der Waals surface area contributed by atoms with E-state index in [4.69, 9.17) is 10.1 Å². The summed E-state index contributed by atoms with van der Waals surface area (Å²) < 4.78 is 2.29. The van der Waals surface area contributed by atoms with Crippen molar-refractivity contribution < 1.29 is 19.8 Å². The van der Waals surface area contributed by atoms with E-state index in [1.54, 1.807) is 18.3 Å². The predicted octanol–water partition coefficient (Wildman–Crippen LogP) is 3.93. The number of carbonyl (C=O) groups excluding carboxylic acids is 1. The van der Waals surface area contributed by atoms with Crippen molar-refractivity contribution in [1.82, 2.24) is 19.9 Å². The van der Waals surface area contributed by atoms with Crippen LogP contribution in [0.3, 0.4) is 0 Å². The summed E-state index contributed by atoms with van der Waals surface area (Å²) in [6, 6.07) is 14.3. The first-order chi connectivity index (χ1) is 16.5. The fourth-order valence-electron chi connectivity index (χ4n) is 4.79. The lowest BCUT2D eigenvalue weighted by Gasteiger charge is -2.25. The summed E-state index contributed by atoms with van der Waals surface area (Å²) in [5, 5.41) is 21.8. The van der Waals surface area contributed by atoms with Gasteiger partial charge in [0.2, 0.25) is 0 Å². The van der Waals surface area contributed by atoms with Crippen molar-refractivity contribution >= 4 is 33.8 Å². The summed E-state index contributed by atoms with van der Waals surface area (Å²) in [7, 11) is 0. The summed E-state index contributed by atoms with van der Waals surface area (Å²) in [6.45, 7) is -0.680. The van der Waals surface area contributed by atoms with Gasteiger partial charge in [-0.1, -0.05) is 25.3 Å². The number of imidazole rings is 1. The number of pyridine rings is 1. The Morgan fingerprint density at radius 2 is 1.88 bits per heavy atom. The minimum Gasteiger partial charge on any atom is -0.480 e. The predicted molar refractivity (Wildman–Crippen MR) is 129 cm³/mol. The molecule has 4 aromatic rings. The molecule has 2 aromatic carbocycles. The molecule has 0 radical (unpaired) electrons. The zero-order valence-electron chi connectivity index (χ0n) is 18.6. The maximum atomic E-state index is 12.6. The number of aromatic nitrogens is 3. The number of carboxylic acid groups (broad SMARTS) is 1. The molecule has 0 spiro atoms. The molecule has 1 unspecified atom stereocenters. The second kappa shape index (κ2) is 9.23. The maximum absolute atomic E-state index is 12.6. The summed E-state index contributed by atoms with van der Waals surface area (Å²) in [5.74, 6) is -0.996. The molecule has 1 saturated carbocycles. The van der Waals surface area contributed by atoms with Gasteiger partial charge in [0.05, 0.1) is 23.2 Å². The Morgan fingerprint density at radius 3 is 2.65 bits per heavy atom. The van der Waals surface area contributed by atoms with Gasteiger partial charge in [-0.15, -0.1) is 0 Å². The molecule has 5 rings (SSSR count). The minimum absolute atomic E-state index is 0.301. The fraction of sp³-hybridized carbons (Fsp3) is 0.308. The number of aliphatic carboxylic acids is 1. The van der Waals surface area contributed by atoms with Crippen LogP contribution in [0.15, 0.2) is 54.7 Å². The van der Waals surface area contributed by atoms with Crippen molar-refractivity contribution in [2.45, 2.75) is 44.2 Å². The van der Waals surface area contributed by atoms with Crippen LogP contribution in [0.5, 0.6) is 0 Å². The third kappa shape index (κ3) is 4.12. The molecule has 0 bridgehead atoms. The number of rotatable bonds is 6. The van der Waals surface area contributed by atoms with Crippen LogP contribution >= 0.6 is 0 Å². The van der Waals surface area contributed by atoms with Gasteiger partial charge in [0, 0.05) is 28.8 Å². The molecular weight excluding hydrogens is 432 g/mol. The van der Waals surface area contributed by atoms with E-state index in [1.807, 2.05) is 30.3 Å². The van der Waals surface area contributed by atoms with Gasteiger partial charge >= 0.3 is 5.97 Å². The van der Waals surface area contributed by atoms with Crippen LogP contribution in [0.2, 0.25) is 0 Å². The second-order valence-electron chi connectivity index (χ2n) is 8.76. The Labute approximate surface area is 196 Å². The van der Waals surface area contributed by atoms with Crippen LogP contribution in [0.25, 0.3) is 33.3 Å². The standard InChI is InChI=1S/C26H26N4O4/c31-15-22(26(33)34)29-25(32)18-9-11-23-21(14-18)28-24(30(23)19-6-2-1-3-7-19)17-8-10-20-16(13-17)5-4-12-27-20/h4-5,8-14,19,22,31H,1-3,6-7,15H2,(H,29,32)(H,33,34). The number of aliphatic hydroxyl groups excluding tert-OH is 1. The number of benzene rings is 2. The Balaban J connectivity index is 1.60. The molecule has 1 fully saturated rings. The molecule has 1 aliphatic rings. The number of hydrogen-bond donors (Lipinski definition) is 3. The highest BCUT2D eigenvalue weighted by Crippen LogP contribution is 2.36. The van der Waals surface area contributed by atoms with Gasteiger partial charge in [-0.3, -0.25) is 9.78 Å². The number of carbonyl (C=O) groups is 2. The summed E-state index contributed by atoms with van der Waals surface area (Å²) in [5.41, 5.74) is 3.83. The van der Waals surface area contributed by atoms with Gasteiger partial charge in [0.15, 0.2) is 6.04 Å². The first-order valence-corrected chi connectivity index (χ1v) is 11.6. The zero-order valence-corrected chi connectivity index (χ0v) is 18.6. The molecule has 1 atom stereocenters. The summed E-state index contributed by atoms with van der Waals surface area (Å²) >= 11 is 0. The molecule has 2 heterocycles. The average molecular weight is 459 g/mol. The van der Waals surface area contributed by atoms with Gasteiger partial charge in [-0.25, -0.2) is 9.78 Å². The van der Waals surface area contributed by atoms with Crippen LogP contribution < -0.4 is 5.32 Å². The van der Waals surface area contributed by atoms with Crippen LogP contribution in [-0.4, -0.2) is 49.3 Å². The quantitative estimate of drug-likeness (QED) is 0.403. The number of hydrogen-bond acceptors (Lipinski definition) is 5. The van der Waals surface area contributed by atoms with Crippen LogP contribution in [0.1, 0.15) is 48.5 Å². The molecular formula is C26H26N4O4. The van der Waals surface area contributed by atoms with Crippen molar-refractivity contribution in [3.8, 4) is 11.4 Å². The molecule has 3 N–H and O–H groups in total. The third-order valence-electron chi connectivity index (χ3n) is 6.54. The van der Waals surface area contributed by atoms with Crippen molar-refractivity contribution in [3.05, 3.63) is 60.3 Å².